The monoisotopic (exact) mass is 247 g/mol. The fraction of sp³-hybridized carbons (Fsp3) is 0.533. The van der Waals surface area contributed by atoms with Gasteiger partial charge in [0.25, 0.3) is 5.91 Å². The summed E-state index contributed by atoms with van der Waals surface area (Å²) in [6.07, 6.45) is 0. The molecule has 2 rings (SSSR count). The first-order chi connectivity index (χ1) is 8.19. The number of carbonyl (C=O) groups is 1. The second kappa shape index (κ2) is 3.74. The van der Waals surface area contributed by atoms with E-state index in [1.807, 2.05) is 0 Å². The zero-order valence-electron chi connectivity index (χ0n) is 11.7. The zero-order chi connectivity index (χ0) is 13.7. The maximum Gasteiger partial charge on any atom is 0.251 e. The van der Waals surface area contributed by atoms with E-state index in [0.717, 1.165) is 0 Å². The Kier molecular flexibility index (Phi) is 2.69. The first-order valence-electron chi connectivity index (χ1n) is 6.29. The van der Waals surface area contributed by atoms with Crippen molar-refractivity contribution in [3.05, 3.63) is 29.3 Å². The molecule has 1 fully saturated rings. The van der Waals surface area contributed by atoms with Gasteiger partial charge in [-0.1, -0.05) is 33.8 Å². The van der Waals surface area contributed by atoms with Crippen molar-refractivity contribution in [1.82, 2.24) is 5.32 Å². The van der Waals surface area contributed by atoms with E-state index in [1.165, 1.54) is 0 Å². The van der Waals surface area contributed by atoms with Crippen LogP contribution in [0.15, 0.2) is 18.2 Å². The maximum atomic E-state index is 12.2. The van der Waals surface area contributed by atoms with Gasteiger partial charge in [0.1, 0.15) is 5.75 Å². The van der Waals surface area contributed by atoms with Crippen LogP contribution in [0.3, 0.4) is 0 Å². The van der Waals surface area contributed by atoms with Crippen molar-refractivity contribution in [3.8, 4) is 5.75 Å². The van der Waals surface area contributed by atoms with Gasteiger partial charge in [-0.15, -0.1) is 0 Å². The van der Waals surface area contributed by atoms with E-state index in [-0.39, 0.29) is 28.5 Å². The smallest absolute Gasteiger partial charge is 0.251 e. The Bertz CT molecular complexity index is 489. The van der Waals surface area contributed by atoms with Gasteiger partial charge in [-0.2, -0.15) is 0 Å². The van der Waals surface area contributed by atoms with E-state index in [9.17, 15) is 9.90 Å². The molecule has 98 valence electrons. The molecule has 0 bridgehead atoms. The number of amides is 1. The third kappa shape index (κ3) is 1.69. The molecular weight excluding hydrogens is 226 g/mol. The summed E-state index contributed by atoms with van der Waals surface area (Å²) in [5.41, 5.74) is 1.42. The number of aromatic hydroxyl groups is 1. The lowest BCUT2D eigenvalue weighted by atomic mass is 10.0. The van der Waals surface area contributed by atoms with E-state index in [2.05, 4.69) is 33.0 Å². The predicted molar refractivity (Wildman–Crippen MR) is 71.7 cm³/mol. The van der Waals surface area contributed by atoms with Gasteiger partial charge in [-0.3, -0.25) is 4.79 Å². The van der Waals surface area contributed by atoms with E-state index < -0.39 is 0 Å². The molecule has 0 unspecified atom stereocenters. The number of nitrogens with one attached hydrogen (secondary N) is 1. The summed E-state index contributed by atoms with van der Waals surface area (Å²) in [4.78, 5) is 12.2. The lowest BCUT2D eigenvalue weighted by Crippen LogP contribution is -2.30. The third-order valence-corrected chi connectivity index (χ3v) is 4.85. The highest BCUT2D eigenvalue weighted by Crippen LogP contribution is 2.62. The lowest BCUT2D eigenvalue weighted by Gasteiger charge is -2.10. The van der Waals surface area contributed by atoms with Crippen LogP contribution in [-0.4, -0.2) is 17.1 Å². The molecule has 0 atom stereocenters. The first kappa shape index (κ1) is 12.9. The highest BCUT2D eigenvalue weighted by molar-refractivity contribution is 5.96. The number of phenols is 1. The normalized spacial score (nSPS) is 20.5. The zero-order valence-corrected chi connectivity index (χ0v) is 11.7. The minimum absolute atomic E-state index is 0.105. The van der Waals surface area contributed by atoms with E-state index in [1.54, 1.807) is 25.1 Å². The number of benzene rings is 1. The Morgan fingerprint density at radius 3 is 2.28 bits per heavy atom. The van der Waals surface area contributed by atoms with Crippen LogP contribution in [0.25, 0.3) is 0 Å². The Morgan fingerprint density at radius 2 is 1.78 bits per heavy atom. The average Bonchev–Trinajstić information content (AvgIpc) is 2.65. The van der Waals surface area contributed by atoms with Crippen LogP contribution in [0.2, 0.25) is 0 Å². The molecule has 1 aliphatic carbocycles. The van der Waals surface area contributed by atoms with Crippen molar-refractivity contribution in [1.29, 1.82) is 0 Å². The largest absolute Gasteiger partial charge is 0.508 e. The molecule has 1 aromatic rings. The van der Waals surface area contributed by atoms with Crippen molar-refractivity contribution in [2.75, 3.05) is 0 Å². The standard InChI is InChI=1S/C15H21NO2/c1-9-10(7-6-8-11(9)17)12(18)16-13-14(2,3)15(13,4)5/h6-8,13,17H,1-5H3,(H,16,18). The van der Waals surface area contributed by atoms with Crippen LogP contribution in [0.1, 0.15) is 43.6 Å². The third-order valence-electron chi connectivity index (χ3n) is 4.85. The second-order valence-corrected chi connectivity index (χ2v) is 6.30. The van der Waals surface area contributed by atoms with Crippen LogP contribution in [-0.2, 0) is 0 Å². The first-order valence-corrected chi connectivity index (χ1v) is 6.29. The number of rotatable bonds is 2. The summed E-state index contributed by atoms with van der Waals surface area (Å²) in [6.45, 7) is 10.4. The Morgan fingerprint density at radius 1 is 1.22 bits per heavy atom. The summed E-state index contributed by atoms with van der Waals surface area (Å²) in [5.74, 6) is 0.0593. The molecule has 1 aromatic carbocycles. The molecule has 0 saturated heterocycles. The highest BCUT2D eigenvalue weighted by Gasteiger charge is 2.65. The van der Waals surface area contributed by atoms with Crippen LogP contribution in [0.5, 0.6) is 5.75 Å². The molecule has 1 amide bonds. The molecule has 0 heterocycles. The molecule has 1 aliphatic rings. The maximum absolute atomic E-state index is 12.2. The fourth-order valence-electron chi connectivity index (χ4n) is 2.64. The lowest BCUT2D eigenvalue weighted by molar-refractivity contribution is 0.0942. The molecule has 0 spiro atoms. The topological polar surface area (TPSA) is 49.3 Å². The van der Waals surface area contributed by atoms with Crippen molar-refractivity contribution in [3.63, 3.8) is 0 Å². The summed E-state index contributed by atoms with van der Waals surface area (Å²) < 4.78 is 0. The Labute approximate surface area is 108 Å². The van der Waals surface area contributed by atoms with Gasteiger partial charge in [0, 0.05) is 17.2 Å². The predicted octanol–water partition coefficient (Wildman–Crippen LogP) is 2.87. The van der Waals surface area contributed by atoms with Crippen molar-refractivity contribution < 1.29 is 9.90 Å². The number of phenolic OH excluding ortho intramolecular Hbond substituents is 1. The van der Waals surface area contributed by atoms with Crippen molar-refractivity contribution >= 4 is 5.91 Å². The van der Waals surface area contributed by atoms with E-state index in [0.29, 0.717) is 11.1 Å². The molecule has 2 N–H and O–H groups in total. The molecule has 0 radical (unpaired) electrons. The number of hydrogen-bond donors (Lipinski definition) is 2. The average molecular weight is 247 g/mol. The van der Waals surface area contributed by atoms with Crippen LogP contribution >= 0.6 is 0 Å². The summed E-state index contributed by atoms with van der Waals surface area (Å²) in [6, 6.07) is 5.21. The molecule has 0 aromatic heterocycles. The molecule has 18 heavy (non-hydrogen) atoms. The second-order valence-electron chi connectivity index (χ2n) is 6.30. The minimum Gasteiger partial charge on any atom is -0.508 e. The fourth-order valence-corrected chi connectivity index (χ4v) is 2.64. The van der Waals surface area contributed by atoms with Crippen molar-refractivity contribution in [2.45, 2.75) is 40.7 Å². The van der Waals surface area contributed by atoms with Crippen LogP contribution in [0.4, 0.5) is 0 Å². The molecule has 0 aliphatic heterocycles. The van der Waals surface area contributed by atoms with Gasteiger partial charge in [-0.05, 0) is 29.9 Å². The molecular formula is C15H21NO2. The van der Waals surface area contributed by atoms with Gasteiger partial charge in [0.15, 0.2) is 0 Å². The van der Waals surface area contributed by atoms with Crippen LogP contribution < -0.4 is 5.32 Å². The number of carbonyl (C=O) groups excluding carboxylic acids is 1. The van der Waals surface area contributed by atoms with E-state index in [4.69, 9.17) is 0 Å². The van der Waals surface area contributed by atoms with E-state index >= 15 is 0 Å². The highest BCUT2D eigenvalue weighted by atomic mass is 16.3. The molecule has 1 saturated carbocycles. The van der Waals surface area contributed by atoms with Gasteiger partial charge in [0.05, 0.1) is 0 Å². The number of hydrogen-bond acceptors (Lipinski definition) is 2. The SMILES string of the molecule is Cc1c(O)cccc1C(=O)NC1C(C)(C)C1(C)C. The summed E-state index contributed by atoms with van der Waals surface area (Å²) in [7, 11) is 0. The van der Waals surface area contributed by atoms with Gasteiger partial charge >= 0.3 is 0 Å². The Hall–Kier alpha value is -1.51. The molecule has 3 nitrogen and oxygen atoms in total. The summed E-state index contributed by atoms with van der Waals surface area (Å²) in [5, 5.41) is 12.7. The van der Waals surface area contributed by atoms with Gasteiger partial charge < -0.3 is 10.4 Å². The van der Waals surface area contributed by atoms with Crippen LogP contribution in [0, 0.1) is 17.8 Å². The van der Waals surface area contributed by atoms with Crippen molar-refractivity contribution in [2.24, 2.45) is 10.8 Å². The van der Waals surface area contributed by atoms with Gasteiger partial charge in [0.2, 0.25) is 0 Å². The quantitative estimate of drug-likeness (QED) is 0.844. The molecule has 3 heteroatoms. The van der Waals surface area contributed by atoms with Gasteiger partial charge in [-0.25, -0.2) is 0 Å². The summed E-state index contributed by atoms with van der Waals surface area (Å²) >= 11 is 0. The minimum atomic E-state index is -0.105. The Balaban J connectivity index is 2.18.